The first-order valence-electron chi connectivity index (χ1n) is 8.94. The van der Waals surface area contributed by atoms with Gasteiger partial charge in [0.05, 0.1) is 17.0 Å². The normalized spacial score (nSPS) is 28.7. The predicted molar refractivity (Wildman–Crippen MR) is 100 cm³/mol. The van der Waals surface area contributed by atoms with Gasteiger partial charge in [-0.3, -0.25) is 19.7 Å². The number of aliphatic hydroxyl groups excluding tert-OH is 1. The van der Waals surface area contributed by atoms with Crippen molar-refractivity contribution in [2.24, 2.45) is 11.1 Å². The van der Waals surface area contributed by atoms with E-state index in [0.29, 0.717) is 12.3 Å². The number of aliphatic hydroxyl groups is 1. The fourth-order valence-electron chi connectivity index (χ4n) is 3.37. The van der Waals surface area contributed by atoms with Crippen molar-refractivity contribution in [2.45, 2.75) is 63.6 Å². The number of rotatable bonds is 4. The lowest BCUT2D eigenvalue weighted by Gasteiger charge is -2.42. The Balaban J connectivity index is 2.01. The molecule has 26 heavy (non-hydrogen) atoms. The smallest absolute Gasteiger partial charge is 0.242 e. The average molecular weight is 387 g/mol. The summed E-state index contributed by atoms with van der Waals surface area (Å²) in [5.41, 5.74) is 4.79. The van der Waals surface area contributed by atoms with Crippen molar-refractivity contribution in [3.63, 3.8) is 0 Å². The summed E-state index contributed by atoms with van der Waals surface area (Å²) < 4.78 is 0. The topological polar surface area (TPSA) is 125 Å². The van der Waals surface area contributed by atoms with Crippen LogP contribution in [0.3, 0.4) is 0 Å². The lowest BCUT2D eigenvalue weighted by atomic mass is 9.92. The molecular weight excluding hydrogens is 356 g/mol. The van der Waals surface area contributed by atoms with Gasteiger partial charge in [-0.05, 0) is 19.8 Å². The van der Waals surface area contributed by atoms with E-state index < -0.39 is 29.5 Å². The number of nitrogens with zero attached hydrogens (tertiary/aromatic N) is 1. The molecule has 5 N–H and O–H groups in total. The molecule has 2 aliphatic rings. The molecule has 8 nitrogen and oxygen atoms in total. The minimum Gasteiger partial charge on any atom is -0.391 e. The Kier molecular flexibility index (Phi) is 6.24. The molecule has 0 aromatic carbocycles. The Bertz CT molecular complexity index is 578. The van der Waals surface area contributed by atoms with Gasteiger partial charge in [-0.2, -0.15) is 0 Å². The van der Waals surface area contributed by atoms with Crippen molar-refractivity contribution in [1.29, 1.82) is 0 Å². The van der Waals surface area contributed by atoms with Crippen molar-refractivity contribution in [3.05, 3.63) is 0 Å². The Morgan fingerprint density at radius 2 is 2.04 bits per heavy atom. The van der Waals surface area contributed by atoms with E-state index in [9.17, 15) is 19.5 Å². The molecule has 148 valence electrons. The summed E-state index contributed by atoms with van der Waals surface area (Å²) in [5.74, 6) is -0.490. The van der Waals surface area contributed by atoms with Gasteiger partial charge in [-0.15, -0.1) is 11.8 Å². The van der Waals surface area contributed by atoms with Crippen molar-refractivity contribution in [2.75, 3.05) is 18.8 Å². The molecule has 0 aromatic heterocycles. The minimum atomic E-state index is -1.11. The van der Waals surface area contributed by atoms with Gasteiger partial charge in [0.15, 0.2) is 0 Å². The second kappa shape index (κ2) is 7.74. The van der Waals surface area contributed by atoms with Crippen LogP contribution in [-0.4, -0.2) is 69.6 Å². The molecule has 0 radical (unpaired) electrons. The van der Waals surface area contributed by atoms with Crippen molar-refractivity contribution in [1.82, 2.24) is 15.5 Å². The first-order chi connectivity index (χ1) is 11.9. The van der Waals surface area contributed by atoms with Crippen LogP contribution in [0.1, 0.15) is 40.5 Å². The molecule has 0 saturated carbocycles. The van der Waals surface area contributed by atoms with Gasteiger partial charge in [0.25, 0.3) is 0 Å². The summed E-state index contributed by atoms with van der Waals surface area (Å²) in [7, 11) is 0. The molecule has 0 aromatic rings. The Morgan fingerprint density at radius 3 is 2.58 bits per heavy atom. The van der Waals surface area contributed by atoms with Crippen LogP contribution in [0.2, 0.25) is 0 Å². The van der Waals surface area contributed by atoms with Crippen LogP contribution >= 0.6 is 11.8 Å². The third-order valence-corrected chi connectivity index (χ3v) is 6.25. The number of amides is 3. The fourth-order valence-corrected chi connectivity index (χ4v) is 4.86. The number of carbonyl (C=O) groups excluding carboxylic acids is 3. The van der Waals surface area contributed by atoms with E-state index in [1.54, 1.807) is 11.8 Å². The van der Waals surface area contributed by atoms with Crippen LogP contribution in [0, 0.1) is 5.41 Å². The zero-order valence-electron chi connectivity index (χ0n) is 15.9. The van der Waals surface area contributed by atoms with Gasteiger partial charge < -0.3 is 21.1 Å². The van der Waals surface area contributed by atoms with Crippen LogP contribution < -0.4 is 16.4 Å². The lowest BCUT2D eigenvalue weighted by Crippen LogP contribution is -2.60. The second-order valence-corrected chi connectivity index (χ2v) is 9.62. The number of primary amides is 1. The van der Waals surface area contributed by atoms with E-state index in [0.717, 1.165) is 19.4 Å². The van der Waals surface area contributed by atoms with E-state index >= 15 is 0 Å². The molecular formula is C17H30N4O4S. The Labute approximate surface area is 158 Å². The molecule has 9 heteroatoms. The minimum absolute atomic E-state index is 0.106. The number of hydrogen-bond donors (Lipinski definition) is 4. The highest BCUT2D eigenvalue weighted by molar-refractivity contribution is 8.01. The van der Waals surface area contributed by atoms with Gasteiger partial charge in [-0.25, -0.2) is 0 Å². The van der Waals surface area contributed by atoms with E-state index in [-0.39, 0.29) is 16.7 Å². The van der Waals surface area contributed by atoms with Gasteiger partial charge >= 0.3 is 0 Å². The maximum atomic E-state index is 12.6. The first kappa shape index (κ1) is 21.0. The number of likely N-dealkylation sites (tertiary alicyclic amines) is 1. The third-order valence-electron chi connectivity index (χ3n) is 4.75. The number of hydrogen-bond acceptors (Lipinski definition) is 6. The maximum Gasteiger partial charge on any atom is 0.242 e. The van der Waals surface area contributed by atoms with Crippen LogP contribution in [-0.2, 0) is 14.4 Å². The van der Waals surface area contributed by atoms with Crippen LogP contribution in [0.5, 0.6) is 0 Å². The zero-order chi connectivity index (χ0) is 19.7. The van der Waals surface area contributed by atoms with E-state index in [4.69, 9.17) is 5.73 Å². The van der Waals surface area contributed by atoms with Crippen molar-refractivity contribution in [3.8, 4) is 0 Å². The van der Waals surface area contributed by atoms with Crippen LogP contribution in [0.4, 0.5) is 0 Å². The lowest BCUT2D eigenvalue weighted by molar-refractivity contribution is -0.141. The van der Waals surface area contributed by atoms with Gasteiger partial charge in [0.1, 0.15) is 6.04 Å². The third kappa shape index (κ3) is 4.69. The fraction of sp³-hybridized carbons (Fsp3) is 0.824. The van der Waals surface area contributed by atoms with E-state index in [2.05, 4.69) is 10.6 Å². The maximum absolute atomic E-state index is 12.6. The monoisotopic (exact) mass is 386 g/mol. The highest BCUT2D eigenvalue weighted by Crippen LogP contribution is 2.39. The summed E-state index contributed by atoms with van der Waals surface area (Å²) >= 11 is 1.63. The summed E-state index contributed by atoms with van der Waals surface area (Å²) in [4.78, 5) is 38.0. The highest BCUT2D eigenvalue weighted by Gasteiger charge is 2.46. The zero-order valence-corrected chi connectivity index (χ0v) is 16.7. The van der Waals surface area contributed by atoms with Gasteiger partial charge in [-0.1, -0.05) is 20.8 Å². The van der Waals surface area contributed by atoms with Gasteiger partial charge in [0, 0.05) is 24.3 Å². The van der Waals surface area contributed by atoms with Crippen molar-refractivity contribution < 1.29 is 19.5 Å². The molecule has 2 saturated heterocycles. The summed E-state index contributed by atoms with van der Waals surface area (Å²) in [6, 6.07) is -1.61. The molecule has 2 heterocycles. The second-order valence-electron chi connectivity index (χ2n) is 8.21. The average Bonchev–Trinajstić information content (AvgIpc) is 2.93. The number of nitrogens with two attached hydrogens (primary N) is 1. The van der Waals surface area contributed by atoms with E-state index in [1.807, 2.05) is 25.7 Å². The molecule has 1 spiro atoms. The standard InChI is InChI=1S/C17H30N4O4S/c1-10(22)12(13(18)23)19-14(24)11-8-26-17(20-11)6-5-7-21(9-17)15(25)16(2,3)4/h10-12,20,22H,5-9H2,1-4H3,(H2,18,23)(H,19,24)/t10-,11?,12+,17?/m1/s1. The molecule has 2 unspecified atom stereocenters. The molecule has 2 fully saturated rings. The molecule has 2 rings (SSSR count). The SMILES string of the molecule is C[C@@H](O)[C@H](NC(=O)C1CSC2(CCCN(C(=O)C(C)(C)C)C2)N1)C(N)=O. The van der Waals surface area contributed by atoms with Crippen LogP contribution in [0.15, 0.2) is 0 Å². The van der Waals surface area contributed by atoms with Crippen molar-refractivity contribution >= 4 is 29.5 Å². The number of thioether (sulfide) groups is 1. The molecule has 3 amide bonds. The first-order valence-corrected chi connectivity index (χ1v) is 9.92. The summed E-state index contributed by atoms with van der Waals surface area (Å²) in [6.07, 6.45) is 0.674. The number of nitrogens with one attached hydrogen (secondary N) is 2. The van der Waals surface area contributed by atoms with E-state index in [1.165, 1.54) is 6.92 Å². The quantitative estimate of drug-likeness (QED) is 0.512. The Hall–Kier alpha value is -1.32. The molecule has 0 aliphatic carbocycles. The largest absolute Gasteiger partial charge is 0.391 e. The molecule has 2 aliphatic heterocycles. The Morgan fingerprint density at radius 1 is 1.38 bits per heavy atom. The highest BCUT2D eigenvalue weighted by atomic mass is 32.2. The summed E-state index contributed by atoms with van der Waals surface area (Å²) in [5, 5.41) is 15.5. The molecule has 0 bridgehead atoms. The molecule has 4 atom stereocenters. The number of piperidine rings is 1. The predicted octanol–water partition coefficient (Wildman–Crippen LogP) is -0.593. The summed E-state index contributed by atoms with van der Waals surface area (Å²) in [6.45, 7) is 8.40. The van der Waals surface area contributed by atoms with Crippen LogP contribution in [0.25, 0.3) is 0 Å². The number of carbonyl (C=O) groups is 3. The van der Waals surface area contributed by atoms with Gasteiger partial charge in [0.2, 0.25) is 17.7 Å².